The van der Waals surface area contributed by atoms with Crippen molar-refractivity contribution >= 4 is 46.3 Å². The van der Waals surface area contributed by atoms with Gasteiger partial charge in [-0.25, -0.2) is 14.4 Å². The Morgan fingerprint density at radius 1 is 1.09 bits per heavy atom. The van der Waals surface area contributed by atoms with Crippen molar-refractivity contribution in [1.82, 2.24) is 25.1 Å². The Morgan fingerprint density at radius 3 is 2.62 bits per heavy atom. The fourth-order valence-electron chi connectivity index (χ4n) is 3.23. The highest BCUT2D eigenvalue weighted by Gasteiger charge is 2.25. The van der Waals surface area contributed by atoms with Gasteiger partial charge in [0.25, 0.3) is 5.56 Å². The van der Waals surface area contributed by atoms with E-state index in [4.69, 9.17) is 33.7 Å². The number of anilines is 1. The highest BCUT2D eigenvalue weighted by molar-refractivity contribution is 6.37. The van der Waals surface area contributed by atoms with Gasteiger partial charge in [0.15, 0.2) is 11.6 Å². The summed E-state index contributed by atoms with van der Waals surface area (Å²) in [6.07, 6.45) is 3.37. The molecule has 1 aliphatic heterocycles. The van der Waals surface area contributed by atoms with Crippen LogP contribution < -0.4 is 26.4 Å². The molecule has 0 fully saturated rings. The van der Waals surface area contributed by atoms with Crippen LogP contribution in [0.25, 0.3) is 16.6 Å². The number of carbonyl (C=O) groups is 1. The van der Waals surface area contributed by atoms with Crippen molar-refractivity contribution in [3.05, 3.63) is 81.5 Å². The number of carbonyl (C=O) groups excluding carboxylic acids is 1. The van der Waals surface area contributed by atoms with Gasteiger partial charge in [0.2, 0.25) is 5.88 Å². The molecular formula is C21H14Cl2N8O3. The number of fused-ring (bicyclic) bond motifs is 1. The number of H-pyrrole nitrogens is 1. The number of hydrazone groups is 1. The van der Waals surface area contributed by atoms with Crippen LogP contribution in [0.15, 0.2) is 71.0 Å². The molecule has 4 heterocycles. The lowest BCUT2D eigenvalue weighted by Gasteiger charge is -2.24. The van der Waals surface area contributed by atoms with E-state index >= 15 is 0 Å². The number of aromatic nitrogens is 4. The van der Waals surface area contributed by atoms with E-state index in [0.717, 1.165) is 10.5 Å². The Labute approximate surface area is 201 Å². The van der Waals surface area contributed by atoms with E-state index in [1.54, 1.807) is 23.0 Å². The molecule has 0 bridgehead atoms. The maximum absolute atomic E-state index is 12.4. The van der Waals surface area contributed by atoms with Gasteiger partial charge in [-0.2, -0.15) is 10.1 Å². The van der Waals surface area contributed by atoms with E-state index in [1.165, 1.54) is 18.2 Å². The number of amides is 2. The summed E-state index contributed by atoms with van der Waals surface area (Å²) in [5.74, 6) is 0.144. The molecule has 4 aromatic rings. The number of aromatic amines is 1. The van der Waals surface area contributed by atoms with Crippen LogP contribution in [0, 0.1) is 0 Å². The first-order chi connectivity index (χ1) is 16.3. The van der Waals surface area contributed by atoms with Gasteiger partial charge in [-0.05, 0) is 24.3 Å². The van der Waals surface area contributed by atoms with Crippen LogP contribution in [0.5, 0.6) is 11.6 Å². The number of rotatable bonds is 4. The summed E-state index contributed by atoms with van der Waals surface area (Å²) >= 11 is 12.8. The second-order valence-electron chi connectivity index (χ2n) is 7.11. The Bertz CT molecular complexity index is 1550. The molecule has 13 heteroatoms. The predicted octanol–water partition coefficient (Wildman–Crippen LogP) is 3.50. The van der Waals surface area contributed by atoms with Crippen molar-refractivity contribution in [3.63, 3.8) is 0 Å². The van der Waals surface area contributed by atoms with E-state index in [1.807, 2.05) is 12.1 Å². The fraction of sp³-hybridized carbons (Fsp3) is 0. The maximum atomic E-state index is 12.4. The van der Waals surface area contributed by atoms with Gasteiger partial charge in [0.05, 0.1) is 32.5 Å². The standard InChI is InChI=1S/C21H14Cl2N8O3/c1-10-19(24)29-31(21(33)26-10)13-6-15(22)18(16(23)7-13)34-17-8-14(20(32)28-27-17)11-2-3-12-4-5-25-30(12)9-11/h2-9H,1H2,(H2,24,29)(H,26,33)(H,28,32). The highest BCUT2D eigenvalue weighted by atomic mass is 35.5. The smallest absolute Gasteiger partial charge is 0.347 e. The van der Waals surface area contributed by atoms with Crippen molar-refractivity contribution in [2.24, 2.45) is 10.8 Å². The van der Waals surface area contributed by atoms with E-state index in [-0.39, 0.29) is 38.9 Å². The van der Waals surface area contributed by atoms with Crippen LogP contribution in [0.1, 0.15) is 0 Å². The minimum atomic E-state index is -0.582. The van der Waals surface area contributed by atoms with Crippen LogP contribution in [0.3, 0.4) is 0 Å². The van der Waals surface area contributed by atoms with Crippen LogP contribution in [-0.4, -0.2) is 31.7 Å². The number of halogens is 2. The van der Waals surface area contributed by atoms with Crippen molar-refractivity contribution in [2.75, 3.05) is 5.01 Å². The van der Waals surface area contributed by atoms with E-state index < -0.39 is 11.6 Å². The molecule has 1 aliphatic rings. The zero-order valence-corrected chi connectivity index (χ0v) is 18.6. The van der Waals surface area contributed by atoms with Crippen LogP contribution in [0.4, 0.5) is 10.5 Å². The molecule has 0 atom stereocenters. The van der Waals surface area contributed by atoms with E-state index in [0.29, 0.717) is 11.1 Å². The van der Waals surface area contributed by atoms with Gasteiger partial charge in [-0.3, -0.25) is 4.79 Å². The number of benzene rings is 1. The number of urea groups is 1. The number of nitrogens with one attached hydrogen (secondary N) is 2. The van der Waals surface area contributed by atoms with Gasteiger partial charge >= 0.3 is 6.03 Å². The molecule has 4 N–H and O–H groups in total. The summed E-state index contributed by atoms with van der Waals surface area (Å²) in [5, 5.41) is 18.1. The molecule has 3 aromatic heterocycles. The summed E-state index contributed by atoms with van der Waals surface area (Å²) in [5.41, 5.74) is 7.54. The molecule has 170 valence electrons. The van der Waals surface area contributed by atoms with Gasteiger partial charge < -0.3 is 15.8 Å². The van der Waals surface area contributed by atoms with Gasteiger partial charge in [0.1, 0.15) is 0 Å². The van der Waals surface area contributed by atoms with Gasteiger partial charge in [-0.1, -0.05) is 35.8 Å². The van der Waals surface area contributed by atoms with E-state index in [9.17, 15) is 9.59 Å². The SMILES string of the molecule is C=C1NC(=O)N(c2cc(Cl)c(Oc3cc(-c4ccc5ccnn5c4)c(=O)[nH]n3)c(Cl)c2)N=C1N. The summed E-state index contributed by atoms with van der Waals surface area (Å²) in [6.45, 7) is 3.59. The van der Waals surface area contributed by atoms with Gasteiger partial charge in [-0.15, -0.1) is 10.2 Å². The summed E-state index contributed by atoms with van der Waals surface area (Å²) in [6, 6.07) is 9.17. The maximum Gasteiger partial charge on any atom is 0.347 e. The molecule has 2 amide bonds. The summed E-state index contributed by atoms with van der Waals surface area (Å²) in [4.78, 5) is 24.6. The van der Waals surface area contributed by atoms with Gasteiger partial charge in [0, 0.05) is 24.0 Å². The number of ether oxygens (including phenoxy) is 1. The van der Waals surface area contributed by atoms with Crippen molar-refractivity contribution in [3.8, 4) is 22.8 Å². The molecule has 0 aliphatic carbocycles. The summed E-state index contributed by atoms with van der Waals surface area (Å²) in [7, 11) is 0. The normalized spacial score (nSPS) is 13.7. The molecule has 0 unspecified atom stereocenters. The van der Waals surface area contributed by atoms with Crippen molar-refractivity contribution < 1.29 is 9.53 Å². The predicted molar refractivity (Wildman–Crippen MR) is 127 cm³/mol. The molecular weight excluding hydrogens is 483 g/mol. The number of hydrogen-bond acceptors (Lipinski definition) is 7. The molecule has 0 spiro atoms. The fourth-order valence-corrected chi connectivity index (χ4v) is 3.79. The molecule has 0 radical (unpaired) electrons. The number of pyridine rings is 1. The van der Waals surface area contributed by atoms with Crippen LogP contribution in [-0.2, 0) is 0 Å². The Hall–Kier alpha value is -4.35. The average Bonchev–Trinajstić information content (AvgIpc) is 3.27. The second-order valence-corrected chi connectivity index (χ2v) is 7.93. The topological polar surface area (TPSA) is 143 Å². The molecule has 0 saturated heterocycles. The number of nitrogens with two attached hydrogens (primary N) is 1. The third kappa shape index (κ3) is 3.83. The molecule has 0 saturated carbocycles. The zero-order chi connectivity index (χ0) is 24.0. The largest absolute Gasteiger partial charge is 0.434 e. The molecule has 5 rings (SSSR count). The van der Waals surface area contributed by atoms with Crippen LogP contribution >= 0.6 is 23.2 Å². The first kappa shape index (κ1) is 21.5. The minimum Gasteiger partial charge on any atom is -0.434 e. The lowest BCUT2D eigenvalue weighted by molar-refractivity contribution is 0.248. The summed E-state index contributed by atoms with van der Waals surface area (Å²) < 4.78 is 7.42. The van der Waals surface area contributed by atoms with Crippen molar-refractivity contribution in [2.45, 2.75) is 0 Å². The Balaban J connectivity index is 1.48. The highest BCUT2D eigenvalue weighted by Crippen LogP contribution is 2.40. The second kappa shape index (κ2) is 8.21. The monoisotopic (exact) mass is 496 g/mol. The first-order valence-electron chi connectivity index (χ1n) is 9.65. The zero-order valence-electron chi connectivity index (χ0n) is 17.1. The van der Waals surface area contributed by atoms with E-state index in [2.05, 4.69) is 32.3 Å². The molecule has 11 nitrogen and oxygen atoms in total. The van der Waals surface area contributed by atoms with Crippen LogP contribution in [0.2, 0.25) is 10.0 Å². The number of hydrogen-bond donors (Lipinski definition) is 3. The number of amidine groups is 1. The Morgan fingerprint density at radius 2 is 1.85 bits per heavy atom. The third-order valence-corrected chi connectivity index (χ3v) is 5.45. The molecule has 34 heavy (non-hydrogen) atoms. The minimum absolute atomic E-state index is 0.0328. The average molecular weight is 497 g/mol. The first-order valence-corrected chi connectivity index (χ1v) is 10.4. The third-order valence-electron chi connectivity index (χ3n) is 4.89. The lowest BCUT2D eigenvalue weighted by Crippen LogP contribution is -2.45. The lowest BCUT2D eigenvalue weighted by atomic mass is 10.1. The van der Waals surface area contributed by atoms with Crippen molar-refractivity contribution in [1.29, 1.82) is 0 Å². The number of nitrogens with zero attached hydrogens (tertiary/aromatic N) is 5. The quantitative estimate of drug-likeness (QED) is 0.394. The molecule has 1 aromatic carbocycles. The Kier molecular flexibility index (Phi) is 5.19.